The van der Waals surface area contributed by atoms with Gasteiger partial charge in [-0.05, 0) is 117 Å². The molecule has 330 valence electrons. The van der Waals surface area contributed by atoms with E-state index >= 15 is 0 Å². The second-order valence-electron chi connectivity index (χ2n) is 18.4. The molecule has 14 aromatic rings. The maximum Gasteiger partial charge on any atom is 0.159 e. The van der Waals surface area contributed by atoms with Crippen molar-refractivity contribution in [3.63, 3.8) is 0 Å². The Bertz CT molecular complexity index is 3950. The molecule has 0 saturated carbocycles. The van der Waals surface area contributed by atoms with Gasteiger partial charge in [0.25, 0.3) is 0 Å². The number of rotatable bonds is 10. The maximum absolute atomic E-state index is 6.79. The third-order valence-corrected chi connectivity index (χ3v) is 14.2. The summed E-state index contributed by atoms with van der Waals surface area (Å²) in [7, 11) is 0. The standard InChI is InChI=1S/C66H44N2O2/c1-3-13-43(14-4-1)41-45-25-33-49(34-26-45)67(59-21-11-19-53-51-17-7-9-23-61(51)69-65(53)59)57-39-31-47-30-38-56-58(40-32-48-29-37-55(57)63(47)64(48)56)68(50-35-27-46(28-36-50)42-44-15-5-2-6-16-44)60-22-12-20-54-52-18-8-10-24-62(52)70-66(54)60/h1-40H,41-42H2. The zero-order valence-electron chi connectivity index (χ0n) is 38.2. The zero-order valence-corrected chi connectivity index (χ0v) is 38.2. The zero-order chi connectivity index (χ0) is 46.1. The van der Waals surface area contributed by atoms with Gasteiger partial charge in [0.05, 0.1) is 22.7 Å². The molecule has 14 rings (SSSR count). The van der Waals surface area contributed by atoms with Gasteiger partial charge in [-0.15, -0.1) is 0 Å². The molecule has 0 radical (unpaired) electrons. The largest absolute Gasteiger partial charge is 0.454 e. The summed E-state index contributed by atoms with van der Waals surface area (Å²) >= 11 is 0. The second kappa shape index (κ2) is 16.3. The van der Waals surface area contributed by atoms with Crippen LogP contribution in [0.5, 0.6) is 0 Å². The van der Waals surface area contributed by atoms with E-state index in [4.69, 9.17) is 8.83 Å². The van der Waals surface area contributed by atoms with Crippen LogP contribution in [0, 0.1) is 0 Å². The summed E-state index contributed by atoms with van der Waals surface area (Å²) in [6.45, 7) is 0. The molecule has 0 unspecified atom stereocenters. The fourth-order valence-corrected chi connectivity index (χ4v) is 11.0. The molecule has 0 saturated heterocycles. The fraction of sp³-hybridized carbons (Fsp3) is 0.0303. The van der Waals surface area contributed by atoms with Gasteiger partial charge in [-0.3, -0.25) is 0 Å². The second-order valence-corrected chi connectivity index (χ2v) is 18.4. The molecule has 0 amide bonds. The van der Waals surface area contributed by atoms with Gasteiger partial charge < -0.3 is 18.6 Å². The summed E-state index contributed by atoms with van der Waals surface area (Å²) < 4.78 is 13.6. The highest BCUT2D eigenvalue weighted by atomic mass is 16.3. The van der Waals surface area contributed by atoms with Gasteiger partial charge in [-0.25, -0.2) is 0 Å². The monoisotopic (exact) mass is 896 g/mol. The van der Waals surface area contributed by atoms with Crippen LogP contribution < -0.4 is 9.80 Å². The summed E-state index contributed by atoms with van der Waals surface area (Å²) in [5.41, 5.74) is 14.8. The molecule has 0 N–H and O–H groups in total. The number of anilines is 6. The topological polar surface area (TPSA) is 32.8 Å². The normalized spacial score (nSPS) is 11.8. The van der Waals surface area contributed by atoms with E-state index in [1.165, 1.54) is 43.8 Å². The summed E-state index contributed by atoms with van der Waals surface area (Å²) in [6, 6.07) is 87.6. The lowest BCUT2D eigenvalue weighted by molar-refractivity contribution is 0.669. The predicted molar refractivity (Wildman–Crippen MR) is 293 cm³/mol. The predicted octanol–water partition coefficient (Wildman–Crippen LogP) is 18.5. The molecule has 2 heterocycles. The number of fused-ring (bicyclic) bond motifs is 6. The molecular formula is C66H44N2O2. The summed E-state index contributed by atoms with van der Waals surface area (Å²) in [5.74, 6) is 0. The van der Waals surface area contributed by atoms with Crippen molar-refractivity contribution in [2.45, 2.75) is 12.8 Å². The Kier molecular flexibility index (Phi) is 9.31. The van der Waals surface area contributed by atoms with Gasteiger partial charge in [-0.1, -0.05) is 182 Å². The van der Waals surface area contributed by atoms with Crippen molar-refractivity contribution in [3.8, 4) is 0 Å². The highest BCUT2D eigenvalue weighted by molar-refractivity contribution is 6.28. The highest BCUT2D eigenvalue weighted by Crippen LogP contribution is 2.50. The Morgan fingerprint density at radius 2 is 0.629 bits per heavy atom. The van der Waals surface area contributed by atoms with E-state index in [0.29, 0.717) is 0 Å². The van der Waals surface area contributed by atoms with Crippen molar-refractivity contribution in [1.29, 1.82) is 0 Å². The molecule has 0 atom stereocenters. The van der Waals surface area contributed by atoms with E-state index in [9.17, 15) is 0 Å². The van der Waals surface area contributed by atoms with Crippen LogP contribution in [0.4, 0.5) is 34.1 Å². The third kappa shape index (κ3) is 6.60. The molecule has 0 spiro atoms. The van der Waals surface area contributed by atoms with E-state index in [1.54, 1.807) is 0 Å². The molecule has 2 aromatic heterocycles. The van der Waals surface area contributed by atoms with Gasteiger partial charge in [0.2, 0.25) is 0 Å². The fourth-order valence-electron chi connectivity index (χ4n) is 11.0. The first-order valence-electron chi connectivity index (χ1n) is 24.1. The first-order chi connectivity index (χ1) is 34.7. The number of hydrogen-bond donors (Lipinski definition) is 0. The van der Waals surface area contributed by atoms with Gasteiger partial charge in [-0.2, -0.15) is 0 Å². The Morgan fingerprint density at radius 3 is 1.07 bits per heavy atom. The van der Waals surface area contributed by atoms with Crippen LogP contribution in [0.2, 0.25) is 0 Å². The van der Waals surface area contributed by atoms with E-state index in [-0.39, 0.29) is 0 Å². The molecule has 0 aliphatic carbocycles. The summed E-state index contributed by atoms with van der Waals surface area (Å²) in [6.07, 6.45) is 1.72. The van der Waals surface area contributed by atoms with Crippen LogP contribution in [0.3, 0.4) is 0 Å². The minimum absolute atomic E-state index is 0.857. The Labute approximate surface area is 404 Å². The lowest BCUT2D eigenvalue weighted by Gasteiger charge is -2.29. The number of hydrogen-bond acceptors (Lipinski definition) is 4. The van der Waals surface area contributed by atoms with E-state index in [1.807, 2.05) is 12.1 Å². The van der Waals surface area contributed by atoms with E-state index in [2.05, 4.69) is 240 Å². The molecule has 12 aromatic carbocycles. The maximum atomic E-state index is 6.79. The van der Waals surface area contributed by atoms with Crippen molar-refractivity contribution in [2.75, 3.05) is 9.80 Å². The van der Waals surface area contributed by atoms with E-state index in [0.717, 1.165) is 102 Å². The number of benzene rings is 12. The van der Waals surface area contributed by atoms with Crippen LogP contribution in [0.25, 0.3) is 76.2 Å². The first-order valence-corrected chi connectivity index (χ1v) is 24.1. The summed E-state index contributed by atoms with van der Waals surface area (Å²) in [5, 5.41) is 11.5. The smallest absolute Gasteiger partial charge is 0.159 e. The lowest BCUT2D eigenvalue weighted by Crippen LogP contribution is -2.12. The molecular weight excluding hydrogens is 853 g/mol. The number of nitrogens with zero attached hydrogens (tertiary/aromatic N) is 2. The van der Waals surface area contributed by atoms with Gasteiger partial charge >= 0.3 is 0 Å². The molecule has 0 aliphatic heterocycles. The highest BCUT2D eigenvalue weighted by Gasteiger charge is 2.26. The Hall–Kier alpha value is -9.12. The number of furan rings is 2. The van der Waals surface area contributed by atoms with Gasteiger partial charge in [0.1, 0.15) is 11.2 Å². The van der Waals surface area contributed by atoms with Gasteiger partial charge in [0.15, 0.2) is 11.2 Å². The third-order valence-electron chi connectivity index (χ3n) is 14.2. The van der Waals surface area contributed by atoms with Crippen molar-refractivity contribution < 1.29 is 8.83 Å². The molecule has 4 nitrogen and oxygen atoms in total. The van der Waals surface area contributed by atoms with E-state index < -0.39 is 0 Å². The van der Waals surface area contributed by atoms with Gasteiger partial charge in [0, 0.05) is 43.7 Å². The Balaban J connectivity index is 0.978. The molecule has 0 bridgehead atoms. The van der Waals surface area contributed by atoms with Crippen molar-refractivity contribution in [2.24, 2.45) is 0 Å². The van der Waals surface area contributed by atoms with Crippen LogP contribution >= 0.6 is 0 Å². The van der Waals surface area contributed by atoms with Crippen LogP contribution in [0.15, 0.2) is 251 Å². The van der Waals surface area contributed by atoms with Crippen molar-refractivity contribution >= 4 is 110 Å². The number of para-hydroxylation sites is 4. The first kappa shape index (κ1) is 40.0. The molecule has 4 heteroatoms. The van der Waals surface area contributed by atoms with Crippen LogP contribution in [-0.4, -0.2) is 0 Å². The van der Waals surface area contributed by atoms with Crippen molar-refractivity contribution in [3.05, 3.63) is 265 Å². The molecule has 70 heavy (non-hydrogen) atoms. The summed E-state index contributed by atoms with van der Waals surface area (Å²) in [4.78, 5) is 4.80. The quantitative estimate of drug-likeness (QED) is 0.128. The lowest BCUT2D eigenvalue weighted by atomic mass is 9.91. The average molecular weight is 897 g/mol. The molecule has 0 aliphatic rings. The Morgan fingerprint density at radius 1 is 0.257 bits per heavy atom. The SMILES string of the molecule is c1ccc(Cc2ccc(N(c3ccc4ccc5c(N(c6ccc(Cc7ccccc7)cc6)c6cccc7c6oc6ccccc67)ccc6ccc3c4c65)c3cccc4c3oc3ccccc34)cc2)cc1. The van der Waals surface area contributed by atoms with Crippen LogP contribution in [-0.2, 0) is 12.8 Å². The minimum Gasteiger partial charge on any atom is -0.454 e. The molecule has 0 fully saturated rings. The minimum atomic E-state index is 0.857. The van der Waals surface area contributed by atoms with Crippen molar-refractivity contribution in [1.82, 2.24) is 0 Å². The van der Waals surface area contributed by atoms with Crippen LogP contribution in [0.1, 0.15) is 22.3 Å². The average Bonchev–Trinajstić information content (AvgIpc) is 4.00.